The van der Waals surface area contributed by atoms with E-state index in [1.165, 1.54) is 20.0 Å². The molecule has 7 heterocycles. The molecule has 4 aromatic rings. The fraction of sp³-hybridized carbons (Fsp3) is 0.528. The molecule has 4 saturated heterocycles. The molecular formula is C36H41F2N7O4. The first-order valence-electron chi connectivity index (χ1n) is 17.2. The van der Waals surface area contributed by atoms with Gasteiger partial charge in [-0.25, -0.2) is 8.78 Å². The normalized spacial score (nSPS) is 25.3. The Kier molecular flexibility index (Phi) is 8.30. The van der Waals surface area contributed by atoms with Crippen LogP contribution in [0.15, 0.2) is 22.6 Å². The zero-order chi connectivity index (χ0) is 34.0. The van der Waals surface area contributed by atoms with Crippen molar-refractivity contribution in [1.29, 1.82) is 5.26 Å². The lowest BCUT2D eigenvalue weighted by atomic mass is 9.90. The molecule has 0 amide bonds. The van der Waals surface area contributed by atoms with Gasteiger partial charge in [0.1, 0.15) is 34.7 Å². The number of nitrogen functional groups attached to an aromatic ring is 1. The summed E-state index contributed by atoms with van der Waals surface area (Å²) in [7, 11) is 1.48. The highest BCUT2D eigenvalue weighted by Gasteiger charge is 2.43. The molecule has 0 aliphatic carbocycles. The highest BCUT2D eigenvalue weighted by molar-refractivity contribution is 6.05. The number of likely N-dealkylation sites (tertiary alicyclic amines) is 1. The lowest BCUT2D eigenvalue weighted by Crippen LogP contribution is -2.55. The van der Waals surface area contributed by atoms with E-state index in [0.29, 0.717) is 58.0 Å². The van der Waals surface area contributed by atoms with E-state index < -0.39 is 18.1 Å². The molecule has 2 aromatic carbocycles. The maximum absolute atomic E-state index is 16.9. The fourth-order valence-corrected chi connectivity index (χ4v) is 8.92. The summed E-state index contributed by atoms with van der Waals surface area (Å²) in [6.07, 6.45) is 4.37. The number of β-amino-alcohol motifs (C(OH)–C–C–N with tert-alkyl or cyclic N) is 1. The molecule has 2 bridgehead atoms. The van der Waals surface area contributed by atoms with E-state index >= 15 is 4.39 Å². The Morgan fingerprint density at radius 2 is 1.88 bits per heavy atom. The van der Waals surface area contributed by atoms with E-state index in [4.69, 9.17) is 24.6 Å². The zero-order valence-electron chi connectivity index (χ0n) is 27.8. The second kappa shape index (κ2) is 12.7. The van der Waals surface area contributed by atoms with Gasteiger partial charge in [-0.15, -0.1) is 0 Å². The number of aliphatic hydroxyl groups excluding tert-OH is 1. The Hall–Kier alpha value is -4.09. The van der Waals surface area contributed by atoms with E-state index in [0.717, 1.165) is 44.5 Å². The number of piperazine rings is 1. The molecule has 0 saturated carbocycles. The van der Waals surface area contributed by atoms with Crippen LogP contribution >= 0.6 is 0 Å². The van der Waals surface area contributed by atoms with Crippen LogP contribution in [0.5, 0.6) is 6.01 Å². The number of benzene rings is 2. The van der Waals surface area contributed by atoms with E-state index in [9.17, 15) is 14.8 Å². The molecule has 5 aliphatic rings. The average Bonchev–Trinajstić information content (AvgIpc) is 3.89. The van der Waals surface area contributed by atoms with E-state index in [-0.39, 0.29) is 48.3 Å². The summed E-state index contributed by atoms with van der Waals surface area (Å²) in [5.74, 6) is 0.120. The van der Waals surface area contributed by atoms with Crippen LogP contribution in [-0.2, 0) is 18.0 Å². The van der Waals surface area contributed by atoms with E-state index in [1.54, 1.807) is 25.1 Å². The number of hydrogen-bond donors (Lipinski definition) is 2. The first-order chi connectivity index (χ1) is 23.7. The Bertz CT molecular complexity index is 1940. The Balaban J connectivity index is 0.000000334. The fourth-order valence-electron chi connectivity index (χ4n) is 8.92. The number of ether oxygens (including phenoxy) is 2. The second-order valence-corrected chi connectivity index (χ2v) is 14.0. The maximum Gasteiger partial charge on any atom is 0.318 e. The minimum absolute atomic E-state index is 0.00414. The summed E-state index contributed by atoms with van der Waals surface area (Å²) in [5.41, 5.74) is 9.09. The molecule has 3 N–H and O–H groups in total. The monoisotopic (exact) mass is 673 g/mol. The van der Waals surface area contributed by atoms with Crippen molar-refractivity contribution in [3.63, 3.8) is 0 Å². The van der Waals surface area contributed by atoms with Crippen LogP contribution in [-0.4, -0.2) is 95.1 Å². The Morgan fingerprint density at radius 1 is 1.10 bits per heavy atom. The molecular weight excluding hydrogens is 632 g/mol. The summed E-state index contributed by atoms with van der Waals surface area (Å²) in [6.45, 7) is 6.35. The third-order valence-corrected chi connectivity index (χ3v) is 10.8. The lowest BCUT2D eigenvalue weighted by Gasteiger charge is -2.42. The molecule has 5 aliphatic heterocycles. The van der Waals surface area contributed by atoms with Gasteiger partial charge in [0.25, 0.3) is 0 Å². The van der Waals surface area contributed by atoms with Crippen LogP contribution in [0.1, 0.15) is 55.7 Å². The highest BCUT2D eigenvalue weighted by atomic mass is 19.1. The number of nitriles is 1. The molecule has 0 radical (unpaired) electrons. The number of anilines is 2. The van der Waals surface area contributed by atoms with Crippen LogP contribution in [0.3, 0.4) is 0 Å². The van der Waals surface area contributed by atoms with Crippen molar-refractivity contribution in [3.05, 3.63) is 40.7 Å². The zero-order valence-corrected chi connectivity index (χ0v) is 27.8. The number of nitrogens with two attached hydrogens (primary N) is 1. The van der Waals surface area contributed by atoms with Crippen molar-refractivity contribution in [1.82, 2.24) is 19.8 Å². The van der Waals surface area contributed by atoms with Gasteiger partial charge in [-0.05, 0) is 68.3 Å². The molecule has 4 fully saturated rings. The van der Waals surface area contributed by atoms with Crippen molar-refractivity contribution < 1.29 is 27.8 Å². The first-order valence-corrected chi connectivity index (χ1v) is 17.2. The summed E-state index contributed by atoms with van der Waals surface area (Å²) in [6, 6.07) is 8.37. The number of nitrogens with zero attached hydrogens (tertiary/aromatic N) is 6. The molecule has 9 rings (SSSR count). The lowest BCUT2D eigenvalue weighted by molar-refractivity contribution is 0.111. The van der Waals surface area contributed by atoms with Crippen molar-refractivity contribution in [2.75, 3.05) is 50.5 Å². The number of methoxy groups -OCH3 is 1. The SMILES string of the molecule is COc1nc(N2C3CCC2CN(CC(C)O)C3)c2c3c(c(-c4cccc5oc(N)c(C#N)c45)c(F)c2n1)COC3.FC1CC2CCCN2C1. The minimum atomic E-state index is -0.530. The Morgan fingerprint density at radius 3 is 2.59 bits per heavy atom. The van der Waals surface area contributed by atoms with Crippen molar-refractivity contribution in [2.45, 2.75) is 82.6 Å². The van der Waals surface area contributed by atoms with Crippen LogP contribution in [0.4, 0.5) is 20.5 Å². The first kappa shape index (κ1) is 32.1. The van der Waals surface area contributed by atoms with E-state index in [2.05, 4.69) is 25.8 Å². The topological polar surface area (TPSA) is 137 Å². The number of alkyl halides is 1. The predicted molar refractivity (Wildman–Crippen MR) is 180 cm³/mol. The molecule has 258 valence electrons. The Labute approximate surface area is 283 Å². The predicted octanol–water partition coefficient (Wildman–Crippen LogP) is 4.90. The smallest absolute Gasteiger partial charge is 0.318 e. The van der Waals surface area contributed by atoms with Crippen LogP contribution in [0.2, 0.25) is 0 Å². The van der Waals surface area contributed by atoms with Crippen LogP contribution in [0, 0.1) is 17.1 Å². The minimum Gasteiger partial charge on any atom is -0.467 e. The molecule has 5 atom stereocenters. The number of aromatic nitrogens is 2. The van der Waals surface area contributed by atoms with Crippen LogP contribution < -0.4 is 15.4 Å². The number of fused-ring (bicyclic) bond motifs is 7. The summed E-state index contributed by atoms with van der Waals surface area (Å²) >= 11 is 0. The maximum atomic E-state index is 16.9. The van der Waals surface area contributed by atoms with Gasteiger partial charge in [0.15, 0.2) is 5.82 Å². The molecule has 49 heavy (non-hydrogen) atoms. The molecule has 0 spiro atoms. The van der Waals surface area contributed by atoms with E-state index in [1.807, 2.05) is 0 Å². The largest absolute Gasteiger partial charge is 0.467 e. The quantitative estimate of drug-likeness (QED) is 0.299. The highest BCUT2D eigenvalue weighted by Crippen LogP contribution is 2.47. The third kappa shape index (κ3) is 5.45. The van der Waals surface area contributed by atoms with Gasteiger partial charge in [-0.1, -0.05) is 12.1 Å². The third-order valence-electron chi connectivity index (χ3n) is 10.8. The number of furan rings is 1. The molecule has 11 nitrogen and oxygen atoms in total. The van der Waals surface area contributed by atoms with Crippen LogP contribution in [0.25, 0.3) is 33.0 Å². The van der Waals surface area contributed by atoms with Crippen molar-refractivity contribution in [2.24, 2.45) is 0 Å². The summed E-state index contributed by atoms with van der Waals surface area (Å²) < 4.78 is 46.5. The standard InChI is InChI=1S/C29H29FN6O4.C7H12FN/c1-14(37)9-35-10-15-6-7-16(11-35)36(15)28-24-20-13-39-12-19(20)23(25(30)26(24)33-29(34-28)38-2)17-4-3-5-21-22(17)18(8-31)27(32)40-21;8-6-4-7-2-1-3-9(7)5-6/h3-5,14-16,37H,6-7,9-13,32H2,1-2H3;6-7H,1-5H2. The number of hydrogen-bond acceptors (Lipinski definition) is 11. The summed E-state index contributed by atoms with van der Waals surface area (Å²) in [4.78, 5) is 16.2. The van der Waals surface area contributed by atoms with Gasteiger partial charge in [-0.3, -0.25) is 9.80 Å². The second-order valence-electron chi connectivity index (χ2n) is 14.0. The number of aliphatic hydroxyl groups is 1. The van der Waals surface area contributed by atoms with Crippen molar-refractivity contribution >= 4 is 33.6 Å². The molecule has 13 heteroatoms. The van der Waals surface area contributed by atoms with Gasteiger partial charge in [0.05, 0.1) is 31.8 Å². The molecule has 2 aromatic heterocycles. The van der Waals surface area contributed by atoms with Gasteiger partial charge in [0.2, 0.25) is 5.88 Å². The van der Waals surface area contributed by atoms with Crippen molar-refractivity contribution in [3.8, 4) is 23.2 Å². The molecule has 5 unspecified atom stereocenters. The van der Waals surface area contributed by atoms with Gasteiger partial charge in [-0.2, -0.15) is 15.2 Å². The van der Waals surface area contributed by atoms with Gasteiger partial charge < -0.3 is 29.6 Å². The number of halogens is 2. The average molecular weight is 674 g/mol. The number of rotatable bonds is 5. The van der Waals surface area contributed by atoms with Gasteiger partial charge in [0, 0.05) is 55.3 Å². The summed E-state index contributed by atoms with van der Waals surface area (Å²) in [5, 5.41) is 20.9. The van der Waals surface area contributed by atoms with Gasteiger partial charge >= 0.3 is 6.01 Å².